The van der Waals surface area contributed by atoms with E-state index in [0.29, 0.717) is 17.8 Å². The van der Waals surface area contributed by atoms with E-state index in [0.717, 1.165) is 0 Å². The topological polar surface area (TPSA) is 117 Å². The zero-order chi connectivity index (χ0) is 22.5. The third kappa shape index (κ3) is 3.75. The molecule has 0 radical (unpaired) electrons. The lowest BCUT2D eigenvalue weighted by Crippen LogP contribution is -2.55. The molecule has 1 aliphatic heterocycles. The Labute approximate surface area is 181 Å². The fraction of sp³-hybridized carbons (Fsp3) is 0.409. The van der Waals surface area contributed by atoms with Crippen LogP contribution < -0.4 is 5.73 Å². The van der Waals surface area contributed by atoms with Gasteiger partial charge in [0.15, 0.2) is 5.82 Å². The van der Waals surface area contributed by atoms with E-state index in [-0.39, 0.29) is 25.6 Å². The first-order valence-electron chi connectivity index (χ1n) is 9.82. The van der Waals surface area contributed by atoms with Crippen molar-refractivity contribution in [1.29, 1.82) is 5.26 Å². The van der Waals surface area contributed by atoms with Gasteiger partial charge in [-0.3, -0.25) is 0 Å². The van der Waals surface area contributed by atoms with Crippen molar-refractivity contribution in [3.8, 4) is 6.07 Å². The second kappa shape index (κ2) is 9.41. The largest absolute Gasteiger partial charge is 0.382 e. The standard InChI is InChI=1S/C22H27N5O4/c1-5-10-28-13-17-19(29-11-6-2)21(4,30-12-7-3)22(14-23,31-17)18-9-8-16-20(24)25-15-26-27(16)18/h5-9,15,17,19H,1-3,10-13H2,4H3,(H2,24,25,26)/t17-,19-,21-,22+/m1/s1. The van der Waals surface area contributed by atoms with Crippen LogP contribution in [-0.4, -0.2) is 58.8 Å². The summed E-state index contributed by atoms with van der Waals surface area (Å²) in [6, 6.07) is 5.80. The number of nitrogens with zero attached hydrogens (tertiary/aromatic N) is 4. The molecule has 2 aromatic heterocycles. The van der Waals surface area contributed by atoms with Gasteiger partial charge in [-0.15, -0.1) is 19.7 Å². The SMILES string of the molecule is C=CCOC[C@H]1O[C@@](C#N)(c2ccc3c(N)ncnn23)[C@](C)(OCC=C)[C@@H]1OCC=C. The number of anilines is 1. The van der Waals surface area contributed by atoms with E-state index < -0.39 is 23.4 Å². The fourth-order valence-corrected chi connectivity index (χ4v) is 3.93. The molecule has 2 aromatic rings. The first-order chi connectivity index (χ1) is 15.0. The predicted octanol–water partition coefficient (Wildman–Crippen LogP) is 2.16. The van der Waals surface area contributed by atoms with Gasteiger partial charge in [-0.1, -0.05) is 18.2 Å². The number of hydrogen-bond acceptors (Lipinski definition) is 8. The summed E-state index contributed by atoms with van der Waals surface area (Å²) in [6.45, 7) is 13.8. The number of rotatable bonds is 11. The van der Waals surface area contributed by atoms with Crippen molar-refractivity contribution in [2.24, 2.45) is 0 Å². The van der Waals surface area contributed by atoms with Crippen LogP contribution in [0, 0.1) is 11.3 Å². The molecule has 1 aliphatic rings. The molecule has 0 saturated carbocycles. The predicted molar refractivity (Wildman–Crippen MR) is 115 cm³/mol. The first-order valence-corrected chi connectivity index (χ1v) is 9.82. The monoisotopic (exact) mass is 425 g/mol. The van der Waals surface area contributed by atoms with Crippen molar-refractivity contribution in [2.45, 2.75) is 30.3 Å². The van der Waals surface area contributed by atoms with Gasteiger partial charge >= 0.3 is 0 Å². The zero-order valence-electron chi connectivity index (χ0n) is 17.6. The molecule has 2 N–H and O–H groups in total. The molecule has 1 saturated heterocycles. The Hall–Kier alpha value is -3.03. The summed E-state index contributed by atoms with van der Waals surface area (Å²) in [5, 5.41) is 14.8. The van der Waals surface area contributed by atoms with Gasteiger partial charge < -0.3 is 24.7 Å². The van der Waals surface area contributed by atoms with Crippen LogP contribution in [-0.2, 0) is 24.5 Å². The molecular weight excluding hydrogens is 398 g/mol. The van der Waals surface area contributed by atoms with Gasteiger partial charge in [0.25, 0.3) is 0 Å². The van der Waals surface area contributed by atoms with Gasteiger partial charge in [0.1, 0.15) is 35.7 Å². The van der Waals surface area contributed by atoms with Gasteiger partial charge in [-0.25, -0.2) is 9.50 Å². The number of nitrogens with two attached hydrogens (primary N) is 1. The molecule has 0 aromatic carbocycles. The molecule has 9 heteroatoms. The average Bonchev–Trinajstić information content (AvgIpc) is 3.30. The molecule has 4 atom stereocenters. The lowest BCUT2D eigenvalue weighted by atomic mass is 9.79. The number of nitrogen functional groups attached to an aromatic ring is 1. The highest BCUT2D eigenvalue weighted by molar-refractivity contribution is 5.66. The second-order valence-electron chi connectivity index (χ2n) is 7.19. The average molecular weight is 425 g/mol. The molecule has 3 heterocycles. The quantitative estimate of drug-likeness (QED) is 0.430. The summed E-state index contributed by atoms with van der Waals surface area (Å²) in [5.41, 5.74) is 4.17. The van der Waals surface area contributed by atoms with E-state index in [1.165, 1.54) is 6.33 Å². The zero-order valence-corrected chi connectivity index (χ0v) is 17.6. The van der Waals surface area contributed by atoms with E-state index in [4.69, 9.17) is 24.7 Å². The Morgan fingerprint density at radius 3 is 2.68 bits per heavy atom. The molecule has 0 unspecified atom stereocenters. The highest BCUT2D eigenvalue weighted by atomic mass is 16.6. The number of fused-ring (bicyclic) bond motifs is 1. The molecule has 9 nitrogen and oxygen atoms in total. The Morgan fingerprint density at radius 2 is 2.00 bits per heavy atom. The maximum atomic E-state index is 10.5. The van der Waals surface area contributed by atoms with Crippen molar-refractivity contribution >= 4 is 11.3 Å². The highest BCUT2D eigenvalue weighted by Crippen LogP contribution is 2.50. The van der Waals surface area contributed by atoms with E-state index in [1.54, 1.807) is 41.8 Å². The molecule has 0 aliphatic carbocycles. The number of aromatic nitrogens is 3. The van der Waals surface area contributed by atoms with Crippen LogP contribution in [0.25, 0.3) is 5.52 Å². The minimum atomic E-state index is -1.59. The van der Waals surface area contributed by atoms with Crippen molar-refractivity contribution in [3.05, 3.63) is 62.1 Å². The summed E-state index contributed by atoms with van der Waals surface area (Å²) in [4.78, 5) is 4.01. The van der Waals surface area contributed by atoms with Crippen molar-refractivity contribution in [1.82, 2.24) is 14.6 Å². The van der Waals surface area contributed by atoms with E-state index in [9.17, 15) is 5.26 Å². The van der Waals surface area contributed by atoms with E-state index in [1.807, 2.05) is 0 Å². The van der Waals surface area contributed by atoms with Gasteiger partial charge in [0.2, 0.25) is 5.60 Å². The van der Waals surface area contributed by atoms with Crippen molar-refractivity contribution < 1.29 is 18.9 Å². The Morgan fingerprint density at radius 1 is 1.26 bits per heavy atom. The van der Waals surface area contributed by atoms with Crippen LogP contribution in [0.3, 0.4) is 0 Å². The molecule has 0 amide bonds. The Balaban J connectivity index is 2.17. The van der Waals surface area contributed by atoms with Gasteiger partial charge in [0.05, 0.1) is 32.1 Å². The molecule has 1 fully saturated rings. The van der Waals surface area contributed by atoms with Gasteiger partial charge in [0, 0.05) is 0 Å². The second-order valence-corrected chi connectivity index (χ2v) is 7.19. The maximum Gasteiger partial charge on any atom is 0.228 e. The lowest BCUT2D eigenvalue weighted by Gasteiger charge is -2.39. The summed E-state index contributed by atoms with van der Waals surface area (Å²) in [6.07, 6.45) is 4.93. The smallest absolute Gasteiger partial charge is 0.228 e. The van der Waals surface area contributed by atoms with Crippen LogP contribution in [0.15, 0.2) is 56.4 Å². The minimum Gasteiger partial charge on any atom is -0.382 e. The summed E-state index contributed by atoms with van der Waals surface area (Å²) < 4.78 is 25.9. The molecule has 0 bridgehead atoms. The summed E-state index contributed by atoms with van der Waals surface area (Å²) >= 11 is 0. The van der Waals surface area contributed by atoms with Crippen LogP contribution in [0.2, 0.25) is 0 Å². The number of hydrogen-bond donors (Lipinski definition) is 1. The van der Waals surface area contributed by atoms with E-state index >= 15 is 0 Å². The highest BCUT2D eigenvalue weighted by Gasteiger charge is 2.67. The molecule has 31 heavy (non-hydrogen) atoms. The third-order valence-corrected chi connectivity index (χ3v) is 5.32. The lowest BCUT2D eigenvalue weighted by molar-refractivity contribution is -0.149. The van der Waals surface area contributed by atoms with Gasteiger partial charge in [-0.2, -0.15) is 10.4 Å². The molecular formula is C22H27N5O4. The first kappa shape index (κ1) is 22.7. The van der Waals surface area contributed by atoms with Crippen molar-refractivity contribution in [3.63, 3.8) is 0 Å². The molecule has 164 valence electrons. The molecule has 3 rings (SSSR count). The third-order valence-electron chi connectivity index (χ3n) is 5.32. The van der Waals surface area contributed by atoms with Crippen LogP contribution in [0.5, 0.6) is 0 Å². The maximum absolute atomic E-state index is 10.5. The Bertz CT molecular complexity index is 999. The normalized spacial score (nSPS) is 27.7. The minimum absolute atomic E-state index is 0.171. The van der Waals surface area contributed by atoms with E-state index in [2.05, 4.69) is 35.9 Å². The van der Waals surface area contributed by atoms with Gasteiger partial charge in [-0.05, 0) is 19.1 Å². The number of nitriles is 1. The number of ether oxygens (including phenoxy) is 4. The van der Waals surface area contributed by atoms with Crippen LogP contribution >= 0.6 is 0 Å². The van der Waals surface area contributed by atoms with Crippen LogP contribution in [0.1, 0.15) is 12.6 Å². The Kier molecular flexibility index (Phi) is 6.87. The summed E-state index contributed by atoms with van der Waals surface area (Å²) in [5.74, 6) is 0.284. The fourth-order valence-electron chi connectivity index (χ4n) is 3.93. The van der Waals surface area contributed by atoms with Crippen molar-refractivity contribution in [2.75, 3.05) is 32.2 Å². The van der Waals surface area contributed by atoms with Crippen LogP contribution in [0.4, 0.5) is 5.82 Å². The molecule has 0 spiro atoms. The summed E-state index contributed by atoms with van der Waals surface area (Å²) in [7, 11) is 0.